The van der Waals surface area contributed by atoms with E-state index in [-0.39, 0.29) is 17.3 Å². The maximum absolute atomic E-state index is 6.12. The van der Waals surface area contributed by atoms with Gasteiger partial charge in [-0.1, -0.05) is 18.2 Å². The van der Waals surface area contributed by atoms with E-state index in [1.165, 1.54) is 0 Å². The van der Waals surface area contributed by atoms with Crippen molar-refractivity contribution in [2.24, 2.45) is 0 Å². The monoisotopic (exact) mass is 290 g/mol. The number of ether oxygens (including phenoxy) is 2. The smallest absolute Gasteiger partial charge is 0.488 e. The molecule has 114 valence electrons. The van der Waals surface area contributed by atoms with Gasteiger partial charge in [0, 0.05) is 11.9 Å². The Labute approximate surface area is 126 Å². The van der Waals surface area contributed by atoms with E-state index in [1.807, 2.05) is 24.3 Å². The van der Waals surface area contributed by atoms with Crippen molar-refractivity contribution in [3.8, 4) is 5.75 Å². The average Bonchev–Trinajstić information content (AvgIpc) is 2.97. The maximum atomic E-state index is 6.12. The SMILES string of the molecule is CC1(C)OB(c2ccccc2OC2CCOC2)OC1(C)C. The summed E-state index contributed by atoms with van der Waals surface area (Å²) < 4.78 is 23.7. The molecule has 0 amide bonds. The maximum Gasteiger partial charge on any atom is 0.498 e. The fourth-order valence-electron chi connectivity index (χ4n) is 2.54. The van der Waals surface area contributed by atoms with Gasteiger partial charge >= 0.3 is 7.12 Å². The van der Waals surface area contributed by atoms with E-state index in [2.05, 4.69) is 27.7 Å². The molecular weight excluding hydrogens is 267 g/mol. The largest absolute Gasteiger partial charge is 0.498 e. The number of hydrogen-bond acceptors (Lipinski definition) is 4. The number of para-hydroxylation sites is 1. The van der Waals surface area contributed by atoms with Gasteiger partial charge < -0.3 is 18.8 Å². The lowest BCUT2D eigenvalue weighted by atomic mass is 9.78. The minimum absolute atomic E-state index is 0.119. The van der Waals surface area contributed by atoms with Gasteiger partial charge in [0.25, 0.3) is 0 Å². The van der Waals surface area contributed by atoms with Crippen LogP contribution in [0.5, 0.6) is 5.75 Å². The molecule has 5 heteroatoms. The Morgan fingerprint density at radius 2 is 1.76 bits per heavy atom. The minimum Gasteiger partial charge on any atom is -0.488 e. The number of benzene rings is 1. The van der Waals surface area contributed by atoms with Gasteiger partial charge in [0.05, 0.1) is 24.4 Å². The third-order valence-corrected chi connectivity index (χ3v) is 4.61. The van der Waals surface area contributed by atoms with Gasteiger partial charge in [-0.25, -0.2) is 0 Å². The Morgan fingerprint density at radius 1 is 1.10 bits per heavy atom. The third kappa shape index (κ3) is 2.82. The van der Waals surface area contributed by atoms with Gasteiger partial charge in [0.1, 0.15) is 11.9 Å². The first-order valence-corrected chi connectivity index (χ1v) is 7.58. The van der Waals surface area contributed by atoms with Gasteiger partial charge in [-0.15, -0.1) is 0 Å². The summed E-state index contributed by atoms with van der Waals surface area (Å²) in [6, 6.07) is 7.93. The van der Waals surface area contributed by atoms with Crippen molar-refractivity contribution >= 4 is 12.6 Å². The summed E-state index contributed by atoms with van der Waals surface area (Å²) in [6.07, 6.45) is 1.05. The molecule has 2 aliphatic heterocycles. The molecule has 2 aliphatic rings. The summed E-state index contributed by atoms with van der Waals surface area (Å²) in [4.78, 5) is 0. The molecule has 1 aromatic rings. The van der Waals surface area contributed by atoms with Gasteiger partial charge in [-0.2, -0.15) is 0 Å². The zero-order valence-electron chi connectivity index (χ0n) is 13.2. The molecule has 0 spiro atoms. The normalized spacial score (nSPS) is 27.0. The van der Waals surface area contributed by atoms with Crippen molar-refractivity contribution in [2.45, 2.75) is 51.4 Å². The Balaban J connectivity index is 1.82. The Bertz CT molecular complexity index is 493. The topological polar surface area (TPSA) is 36.9 Å². The molecule has 2 saturated heterocycles. The molecule has 2 fully saturated rings. The van der Waals surface area contributed by atoms with Gasteiger partial charge in [-0.3, -0.25) is 0 Å². The zero-order chi connectivity index (χ0) is 15.1. The fraction of sp³-hybridized carbons (Fsp3) is 0.625. The molecule has 0 bridgehead atoms. The third-order valence-electron chi connectivity index (χ3n) is 4.61. The van der Waals surface area contributed by atoms with Crippen molar-refractivity contribution in [2.75, 3.05) is 13.2 Å². The summed E-state index contributed by atoms with van der Waals surface area (Å²) in [5, 5.41) is 0. The van der Waals surface area contributed by atoms with E-state index in [0.29, 0.717) is 6.61 Å². The van der Waals surface area contributed by atoms with Crippen molar-refractivity contribution in [1.29, 1.82) is 0 Å². The predicted molar refractivity (Wildman–Crippen MR) is 82.0 cm³/mol. The van der Waals surface area contributed by atoms with E-state index in [1.54, 1.807) is 0 Å². The van der Waals surface area contributed by atoms with E-state index < -0.39 is 7.12 Å². The number of hydrogen-bond donors (Lipinski definition) is 0. The molecule has 2 heterocycles. The first kappa shape index (κ1) is 14.9. The Morgan fingerprint density at radius 3 is 2.38 bits per heavy atom. The summed E-state index contributed by atoms with van der Waals surface area (Å²) in [6.45, 7) is 9.64. The highest BCUT2D eigenvalue weighted by atomic mass is 16.7. The quantitative estimate of drug-likeness (QED) is 0.799. The molecule has 0 aliphatic carbocycles. The summed E-state index contributed by atoms with van der Waals surface area (Å²) >= 11 is 0. The van der Waals surface area contributed by atoms with Crippen LogP contribution in [-0.4, -0.2) is 37.6 Å². The van der Waals surface area contributed by atoms with Crippen LogP contribution < -0.4 is 10.2 Å². The molecular formula is C16H23BO4. The molecule has 0 N–H and O–H groups in total. The second-order valence-electron chi connectivity index (χ2n) is 6.73. The van der Waals surface area contributed by atoms with Crippen LogP contribution in [0.3, 0.4) is 0 Å². The van der Waals surface area contributed by atoms with Crippen LogP contribution in [0.1, 0.15) is 34.1 Å². The summed E-state index contributed by atoms with van der Waals surface area (Å²) in [5.41, 5.74) is 0.255. The molecule has 3 rings (SSSR count). The predicted octanol–water partition coefficient (Wildman–Crippen LogP) is 2.15. The highest BCUT2D eigenvalue weighted by Crippen LogP contribution is 2.37. The summed E-state index contributed by atoms with van der Waals surface area (Å²) in [5.74, 6) is 0.825. The van der Waals surface area contributed by atoms with E-state index in [9.17, 15) is 0 Å². The van der Waals surface area contributed by atoms with Crippen LogP contribution in [-0.2, 0) is 14.0 Å². The molecule has 0 aromatic heterocycles. The zero-order valence-corrected chi connectivity index (χ0v) is 13.2. The van der Waals surface area contributed by atoms with Crippen molar-refractivity contribution in [3.05, 3.63) is 24.3 Å². The van der Waals surface area contributed by atoms with E-state index in [0.717, 1.165) is 24.2 Å². The molecule has 21 heavy (non-hydrogen) atoms. The van der Waals surface area contributed by atoms with Crippen LogP contribution in [0.2, 0.25) is 0 Å². The lowest BCUT2D eigenvalue weighted by molar-refractivity contribution is 0.00578. The fourth-order valence-corrected chi connectivity index (χ4v) is 2.54. The van der Waals surface area contributed by atoms with Gasteiger partial charge in [0.2, 0.25) is 0 Å². The lowest BCUT2D eigenvalue weighted by Crippen LogP contribution is -2.41. The molecule has 1 aromatic carbocycles. The second-order valence-corrected chi connectivity index (χ2v) is 6.73. The van der Waals surface area contributed by atoms with E-state index in [4.69, 9.17) is 18.8 Å². The second kappa shape index (κ2) is 5.31. The van der Waals surface area contributed by atoms with Gasteiger partial charge in [0.15, 0.2) is 0 Å². The van der Waals surface area contributed by atoms with Crippen LogP contribution >= 0.6 is 0 Å². The lowest BCUT2D eigenvalue weighted by Gasteiger charge is -2.32. The van der Waals surface area contributed by atoms with Crippen LogP contribution in [0, 0.1) is 0 Å². The molecule has 0 radical (unpaired) electrons. The Hall–Kier alpha value is -1.04. The first-order valence-electron chi connectivity index (χ1n) is 7.58. The van der Waals surface area contributed by atoms with Crippen molar-refractivity contribution in [3.63, 3.8) is 0 Å². The van der Waals surface area contributed by atoms with Crippen molar-refractivity contribution in [1.82, 2.24) is 0 Å². The standard InChI is InChI=1S/C16H23BO4/c1-15(2)16(3,4)21-17(20-15)13-7-5-6-8-14(13)19-12-9-10-18-11-12/h5-8,12H,9-11H2,1-4H3. The minimum atomic E-state index is -0.395. The van der Waals surface area contributed by atoms with Crippen LogP contribution in [0.4, 0.5) is 0 Å². The van der Waals surface area contributed by atoms with E-state index >= 15 is 0 Å². The van der Waals surface area contributed by atoms with Crippen LogP contribution in [0.15, 0.2) is 24.3 Å². The molecule has 1 unspecified atom stereocenters. The summed E-state index contributed by atoms with van der Waals surface area (Å²) in [7, 11) is -0.395. The van der Waals surface area contributed by atoms with Crippen LogP contribution in [0.25, 0.3) is 0 Å². The molecule has 1 atom stereocenters. The first-order chi connectivity index (χ1) is 9.89. The average molecular weight is 290 g/mol. The highest BCUT2D eigenvalue weighted by molar-refractivity contribution is 6.63. The number of rotatable bonds is 3. The molecule has 0 saturated carbocycles. The van der Waals surface area contributed by atoms with Gasteiger partial charge in [-0.05, 0) is 33.8 Å². The van der Waals surface area contributed by atoms with Crippen molar-refractivity contribution < 1.29 is 18.8 Å². The highest BCUT2D eigenvalue weighted by Gasteiger charge is 2.52. The molecule has 4 nitrogen and oxygen atoms in total. The Kier molecular flexibility index (Phi) is 3.76.